The zero-order valence-corrected chi connectivity index (χ0v) is 17.4. The SMILES string of the molecule is C[C@H](Oc1ccc(S(=O)(=O)C2CNC(C(=O)NC3(C#N)CC3)C2)c(Cl)c1)C(F)(F)F. The van der Waals surface area contributed by atoms with E-state index in [-0.39, 0.29) is 28.6 Å². The number of ether oxygens (including phenoxy) is 1. The van der Waals surface area contributed by atoms with Crippen LogP contribution in [-0.4, -0.2) is 50.0 Å². The monoisotopic (exact) mass is 465 g/mol. The molecule has 30 heavy (non-hydrogen) atoms. The molecule has 1 heterocycles. The Labute approximate surface area is 176 Å². The molecule has 1 saturated heterocycles. The lowest BCUT2D eigenvalue weighted by Crippen LogP contribution is -2.45. The Morgan fingerprint density at radius 3 is 2.63 bits per heavy atom. The third-order valence-corrected chi connectivity index (χ3v) is 7.79. The highest BCUT2D eigenvalue weighted by Crippen LogP contribution is 2.35. The maximum Gasteiger partial charge on any atom is 0.425 e. The number of sulfone groups is 1. The van der Waals surface area contributed by atoms with Crippen LogP contribution in [0.5, 0.6) is 5.75 Å². The van der Waals surface area contributed by atoms with E-state index in [1.54, 1.807) is 0 Å². The van der Waals surface area contributed by atoms with Gasteiger partial charge in [0.25, 0.3) is 0 Å². The van der Waals surface area contributed by atoms with E-state index in [1.165, 1.54) is 0 Å². The molecule has 2 N–H and O–H groups in total. The first-order chi connectivity index (χ1) is 13.9. The molecule has 0 radical (unpaired) electrons. The van der Waals surface area contributed by atoms with Gasteiger partial charge in [-0.05, 0) is 38.3 Å². The van der Waals surface area contributed by atoms with Gasteiger partial charge in [0, 0.05) is 12.6 Å². The average Bonchev–Trinajstić information content (AvgIpc) is 3.23. The third kappa shape index (κ3) is 4.66. The van der Waals surface area contributed by atoms with Crippen molar-refractivity contribution >= 4 is 27.3 Å². The van der Waals surface area contributed by atoms with Crippen LogP contribution in [0.3, 0.4) is 0 Å². The molecule has 1 aromatic rings. The van der Waals surface area contributed by atoms with Gasteiger partial charge in [-0.2, -0.15) is 18.4 Å². The van der Waals surface area contributed by atoms with E-state index in [9.17, 15) is 26.4 Å². The Morgan fingerprint density at radius 1 is 1.43 bits per heavy atom. The van der Waals surface area contributed by atoms with E-state index in [0.717, 1.165) is 25.1 Å². The van der Waals surface area contributed by atoms with Crippen LogP contribution in [0, 0.1) is 11.3 Å². The smallest absolute Gasteiger partial charge is 0.425 e. The molecular weight excluding hydrogens is 447 g/mol. The quantitative estimate of drug-likeness (QED) is 0.667. The van der Waals surface area contributed by atoms with E-state index < -0.39 is 44.9 Å². The first-order valence-electron chi connectivity index (χ1n) is 9.11. The van der Waals surface area contributed by atoms with Crippen LogP contribution in [0.2, 0.25) is 5.02 Å². The first kappa shape index (κ1) is 22.7. The number of rotatable bonds is 6. The fourth-order valence-electron chi connectivity index (χ4n) is 3.09. The van der Waals surface area contributed by atoms with Crippen molar-refractivity contribution in [3.8, 4) is 11.8 Å². The van der Waals surface area contributed by atoms with Gasteiger partial charge in [-0.15, -0.1) is 0 Å². The van der Waals surface area contributed by atoms with Crippen LogP contribution >= 0.6 is 11.6 Å². The number of nitriles is 1. The first-order valence-corrected chi connectivity index (χ1v) is 11.0. The molecule has 164 valence electrons. The topological polar surface area (TPSA) is 108 Å². The minimum Gasteiger partial charge on any atom is -0.481 e. The van der Waals surface area contributed by atoms with E-state index in [1.807, 2.05) is 6.07 Å². The molecule has 0 aromatic heterocycles. The Kier molecular flexibility index (Phi) is 5.97. The van der Waals surface area contributed by atoms with E-state index in [4.69, 9.17) is 21.6 Å². The normalized spacial score (nSPS) is 24.0. The van der Waals surface area contributed by atoms with Gasteiger partial charge in [0.15, 0.2) is 15.9 Å². The minimum absolute atomic E-state index is 0.000336. The lowest BCUT2D eigenvalue weighted by molar-refractivity contribution is -0.189. The molecular formula is C18H19ClF3N3O4S. The molecule has 1 aromatic carbocycles. The summed E-state index contributed by atoms with van der Waals surface area (Å²) in [6, 6.07) is 4.48. The zero-order chi connectivity index (χ0) is 22.3. The number of nitrogens with one attached hydrogen (secondary N) is 2. The zero-order valence-electron chi connectivity index (χ0n) is 15.8. The predicted octanol–water partition coefficient (Wildman–Crippen LogP) is 2.35. The lowest BCUT2D eigenvalue weighted by atomic mass is 10.2. The standard InChI is InChI=1S/C18H19ClF3N3O4S/c1-10(18(20,21)22)29-11-2-3-15(13(19)6-11)30(27,28)12-7-14(24-8-12)16(26)25-17(9-23)4-5-17/h2-3,6,10,12,14,24H,4-5,7-8H2,1H3,(H,25,26)/t10-,12?,14?/m0/s1. The van der Waals surface area contributed by atoms with Crippen LogP contribution in [0.4, 0.5) is 13.2 Å². The molecule has 1 aliphatic heterocycles. The van der Waals surface area contributed by atoms with Crippen LogP contribution in [0.1, 0.15) is 26.2 Å². The van der Waals surface area contributed by atoms with Crippen molar-refractivity contribution in [2.75, 3.05) is 6.54 Å². The fourth-order valence-corrected chi connectivity index (χ4v) is 5.29. The maximum absolute atomic E-state index is 12.9. The number of halogens is 4. The Morgan fingerprint density at radius 2 is 2.10 bits per heavy atom. The van der Waals surface area contributed by atoms with Gasteiger partial charge in [-0.25, -0.2) is 8.42 Å². The summed E-state index contributed by atoms with van der Waals surface area (Å²) >= 11 is 6.03. The van der Waals surface area contributed by atoms with Crippen molar-refractivity contribution in [2.45, 2.75) is 60.2 Å². The second-order valence-electron chi connectivity index (χ2n) is 7.44. The van der Waals surface area contributed by atoms with Gasteiger partial charge in [0.1, 0.15) is 11.3 Å². The molecule has 0 spiro atoms. The van der Waals surface area contributed by atoms with E-state index in [0.29, 0.717) is 12.8 Å². The van der Waals surface area contributed by atoms with Crippen molar-refractivity contribution in [3.63, 3.8) is 0 Å². The lowest BCUT2D eigenvalue weighted by Gasteiger charge is -2.19. The Balaban J connectivity index is 1.70. The second kappa shape index (κ2) is 7.90. The van der Waals surface area contributed by atoms with Crippen LogP contribution < -0.4 is 15.4 Å². The highest BCUT2D eigenvalue weighted by Gasteiger charge is 2.47. The number of hydrogen-bond acceptors (Lipinski definition) is 6. The summed E-state index contributed by atoms with van der Waals surface area (Å²) in [6.45, 7) is 0.825. The molecule has 3 atom stereocenters. The van der Waals surface area contributed by atoms with E-state index in [2.05, 4.69) is 10.6 Å². The van der Waals surface area contributed by atoms with E-state index >= 15 is 0 Å². The summed E-state index contributed by atoms with van der Waals surface area (Å²) < 4.78 is 68.5. The van der Waals surface area contributed by atoms with Gasteiger partial charge >= 0.3 is 6.18 Å². The van der Waals surface area contributed by atoms with Gasteiger partial charge in [0.05, 0.1) is 27.3 Å². The summed E-state index contributed by atoms with van der Waals surface area (Å²) in [7, 11) is -3.96. The number of benzene rings is 1. The Bertz CT molecular complexity index is 989. The van der Waals surface area contributed by atoms with Crippen LogP contribution in [0.25, 0.3) is 0 Å². The predicted molar refractivity (Wildman–Crippen MR) is 101 cm³/mol. The van der Waals surface area contributed by atoms with Crippen molar-refractivity contribution in [2.24, 2.45) is 0 Å². The van der Waals surface area contributed by atoms with Crippen molar-refractivity contribution in [1.82, 2.24) is 10.6 Å². The average molecular weight is 466 g/mol. The Hall–Kier alpha value is -2.03. The second-order valence-corrected chi connectivity index (χ2v) is 10.0. The molecule has 1 saturated carbocycles. The third-order valence-electron chi connectivity index (χ3n) is 5.16. The molecule has 3 rings (SSSR count). The number of carbonyl (C=O) groups excluding carboxylic acids is 1. The number of carbonyl (C=O) groups is 1. The molecule has 7 nitrogen and oxygen atoms in total. The van der Waals surface area contributed by atoms with Gasteiger partial charge < -0.3 is 15.4 Å². The molecule has 12 heteroatoms. The van der Waals surface area contributed by atoms with Crippen molar-refractivity contribution in [1.29, 1.82) is 5.26 Å². The van der Waals surface area contributed by atoms with Gasteiger partial charge in [0.2, 0.25) is 5.91 Å². The van der Waals surface area contributed by atoms with Gasteiger partial charge in [-0.1, -0.05) is 11.6 Å². The fraction of sp³-hybridized carbons (Fsp3) is 0.556. The van der Waals surface area contributed by atoms with Crippen LogP contribution in [0.15, 0.2) is 23.1 Å². The maximum atomic E-state index is 12.9. The summed E-state index contributed by atoms with van der Waals surface area (Å²) in [5, 5.41) is 13.3. The number of nitrogens with zero attached hydrogens (tertiary/aromatic N) is 1. The summed E-state index contributed by atoms with van der Waals surface area (Å²) in [4.78, 5) is 12.1. The van der Waals surface area contributed by atoms with Crippen molar-refractivity contribution < 1.29 is 31.1 Å². The molecule has 2 fully saturated rings. The molecule has 1 aliphatic carbocycles. The highest BCUT2D eigenvalue weighted by molar-refractivity contribution is 7.92. The highest BCUT2D eigenvalue weighted by atomic mass is 35.5. The van der Waals surface area contributed by atoms with Crippen molar-refractivity contribution in [3.05, 3.63) is 23.2 Å². The summed E-state index contributed by atoms with van der Waals surface area (Å²) in [5.41, 5.74) is -0.859. The summed E-state index contributed by atoms with van der Waals surface area (Å²) in [5.74, 6) is -0.653. The number of amides is 1. The largest absolute Gasteiger partial charge is 0.481 e. The summed E-state index contributed by atoms with van der Waals surface area (Å²) in [6.07, 6.45) is -5.57. The minimum atomic E-state index is -4.58. The molecule has 0 bridgehead atoms. The van der Waals surface area contributed by atoms with Gasteiger partial charge in [-0.3, -0.25) is 4.79 Å². The number of hydrogen-bond donors (Lipinski definition) is 2. The molecule has 1 amide bonds. The molecule has 2 unspecified atom stereocenters. The molecule has 2 aliphatic rings. The number of alkyl halides is 3. The van der Waals surface area contributed by atoms with Crippen LogP contribution in [-0.2, 0) is 14.6 Å².